The summed E-state index contributed by atoms with van der Waals surface area (Å²) in [4.78, 5) is 85.6. The summed E-state index contributed by atoms with van der Waals surface area (Å²) in [6, 6.07) is 12.8. The van der Waals surface area contributed by atoms with Gasteiger partial charge in [0.05, 0.1) is 25.6 Å². The third kappa shape index (κ3) is 4.84. The number of aromatic nitrogens is 1. The van der Waals surface area contributed by atoms with Gasteiger partial charge in [-0.15, -0.1) is 0 Å². The molecule has 0 spiro atoms. The zero-order valence-electron chi connectivity index (χ0n) is 21.8. The number of hydrogen-bond acceptors (Lipinski definition) is 9. The Morgan fingerprint density at radius 2 is 1.02 bits per heavy atom. The van der Waals surface area contributed by atoms with Crippen LogP contribution in [0.1, 0.15) is 11.5 Å². The molecular weight excluding hydrogens is 534 g/mol. The smallest absolute Gasteiger partial charge is 0.335 e. The molecule has 41 heavy (non-hydrogen) atoms. The molecule has 0 saturated carbocycles. The van der Waals surface area contributed by atoms with E-state index in [9.17, 15) is 28.8 Å². The van der Waals surface area contributed by atoms with Crippen LogP contribution in [0.25, 0.3) is 0 Å². The normalized spacial score (nSPS) is 20.0. The molecule has 2 aromatic carbocycles. The first-order valence-corrected chi connectivity index (χ1v) is 12.3. The fourth-order valence-electron chi connectivity index (χ4n) is 4.93. The van der Waals surface area contributed by atoms with E-state index in [4.69, 9.17) is 9.47 Å². The highest BCUT2D eigenvalue weighted by Gasteiger charge is 2.55. The summed E-state index contributed by atoms with van der Waals surface area (Å²) in [5.74, 6) is -7.81. The molecule has 2 saturated heterocycles. The van der Waals surface area contributed by atoms with Crippen LogP contribution in [0.2, 0.25) is 0 Å². The molecule has 0 aliphatic carbocycles. The summed E-state index contributed by atoms with van der Waals surface area (Å²) in [6.07, 6.45) is 2.75. The number of carbonyl (C=O) groups excluding carboxylic acids is 6. The molecule has 13 heteroatoms. The van der Waals surface area contributed by atoms with Gasteiger partial charge in [0.15, 0.2) is 0 Å². The Morgan fingerprint density at radius 1 is 0.634 bits per heavy atom. The largest absolute Gasteiger partial charge is 0.497 e. The number of urea groups is 2. The van der Waals surface area contributed by atoms with E-state index in [2.05, 4.69) is 15.6 Å². The number of anilines is 2. The topological polar surface area (TPSA) is 164 Å². The van der Waals surface area contributed by atoms with Crippen molar-refractivity contribution in [1.82, 2.24) is 15.6 Å². The number of amides is 8. The van der Waals surface area contributed by atoms with Gasteiger partial charge in [-0.05, 0) is 66.2 Å². The van der Waals surface area contributed by atoms with Crippen LogP contribution in [0.4, 0.5) is 21.0 Å². The number of imide groups is 4. The lowest BCUT2D eigenvalue weighted by atomic mass is 9.73. The molecule has 13 nitrogen and oxygen atoms in total. The van der Waals surface area contributed by atoms with Crippen molar-refractivity contribution in [3.63, 3.8) is 0 Å². The third-order valence-corrected chi connectivity index (χ3v) is 6.87. The highest BCUT2D eigenvalue weighted by atomic mass is 16.5. The molecular formula is C28H23N5O8. The summed E-state index contributed by atoms with van der Waals surface area (Å²) in [6.45, 7) is 0. The molecule has 3 aromatic rings. The van der Waals surface area contributed by atoms with Crippen molar-refractivity contribution in [3.8, 4) is 11.5 Å². The van der Waals surface area contributed by atoms with Crippen molar-refractivity contribution < 1.29 is 38.2 Å². The van der Waals surface area contributed by atoms with Crippen LogP contribution in [0, 0.1) is 11.8 Å². The summed E-state index contributed by atoms with van der Waals surface area (Å²) in [7, 11) is 2.90. The molecule has 3 heterocycles. The Bertz CT molecular complexity index is 1440. The SMILES string of the molecule is COc1ccc(N2C(=O)NC(=O)C(C(c3ccncc3)C3C(=O)NC(=O)N(c4ccc(OC)cc4)C3=O)C2=O)cc1. The van der Waals surface area contributed by atoms with Crippen LogP contribution in [0.3, 0.4) is 0 Å². The van der Waals surface area contributed by atoms with E-state index in [1.165, 1.54) is 87.3 Å². The second kappa shape index (κ2) is 10.9. The number of rotatable bonds is 7. The summed E-state index contributed by atoms with van der Waals surface area (Å²) >= 11 is 0. The Hall–Kier alpha value is -5.59. The molecule has 2 fully saturated rings. The van der Waals surface area contributed by atoms with Crippen molar-refractivity contribution in [2.75, 3.05) is 24.0 Å². The molecule has 1 aromatic heterocycles. The van der Waals surface area contributed by atoms with Gasteiger partial charge in [0.2, 0.25) is 23.6 Å². The number of methoxy groups -OCH3 is 2. The zero-order valence-corrected chi connectivity index (χ0v) is 21.8. The molecule has 8 amide bonds. The second-order valence-corrected chi connectivity index (χ2v) is 9.09. The maximum absolute atomic E-state index is 13.9. The number of carbonyl (C=O) groups is 6. The van der Waals surface area contributed by atoms with Crippen molar-refractivity contribution in [2.45, 2.75) is 5.92 Å². The van der Waals surface area contributed by atoms with Crippen LogP contribution < -0.4 is 29.9 Å². The van der Waals surface area contributed by atoms with E-state index in [0.717, 1.165) is 9.80 Å². The van der Waals surface area contributed by atoms with Crippen molar-refractivity contribution >= 4 is 47.1 Å². The minimum atomic E-state index is -1.71. The minimum absolute atomic E-state index is 0.133. The summed E-state index contributed by atoms with van der Waals surface area (Å²) in [5, 5.41) is 4.33. The lowest BCUT2D eigenvalue weighted by Crippen LogP contribution is -2.64. The van der Waals surface area contributed by atoms with Gasteiger partial charge < -0.3 is 9.47 Å². The maximum atomic E-state index is 13.9. The number of barbiturate groups is 2. The molecule has 0 bridgehead atoms. The summed E-state index contributed by atoms with van der Waals surface area (Å²) < 4.78 is 10.3. The predicted octanol–water partition coefficient (Wildman–Crippen LogP) is 1.98. The first kappa shape index (κ1) is 27.0. The number of benzene rings is 2. The Labute approximate surface area is 233 Å². The Morgan fingerprint density at radius 3 is 1.39 bits per heavy atom. The van der Waals surface area contributed by atoms with Gasteiger partial charge in [0.25, 0.3) is 0 Å². The lowest BCUT2D eigenvalue weighted by molar-refractivity contribution is -0.140. The van der Waals surface area contributed by atoms with E-state index in [1.807, 2.05) is 0 Å². The fourth-order valence-corrected chi connectivity index (χ4v) is 4.93. The molecule has 2 unspecified atom stereocenters. The molecule has 2 aliphatic rings. The number of ether oxygens (including phenoxy) is 2. The van der Waals surface area contributed by atoms with Gasteiger partial charge in [-0.3, -0.25) is 34.8 Å². The standard InChI is InChI=1S/C28H23N5O8/c1-40-18-7-3-16(4-8-18)32-25(36)21(23(34)30-27(32)38)20(15-11-13-29-14-12-15)22-24(35)31-28(39)33(26(22)37)17-5-9-19(41-2)10-6-17/h3-14,20-22H,1-2H3,(H,30,34,38)(H,31,35,39). The van der Waals surface area contributed by atoms with E-state index >= 15 is 0 Å². The van der Waals surface area contributed by atoms with Crippen LogP contribution in [0.15, 0.2) is 73.1 Å². The van der Waals surface area contributed by atoms with E-state index in [-0.39, 0.29) is 16.9 Å². The fraction of sp³-hybridized carbons (Fsp3) is 0.179. The first-order valence-electron chi connectivity index (χ1n) is 12.3. The van der Waals surface area contributed by atoms with Gasteiger partial charge in [0.1, 0.15) is 23.3 Å². The molecule has 2 atom stereocenters. The van der Waals surface area contributed by atoms with Crippen LogP contribution in [0.5, 0.6) is 11.5 Å². The maximum Gasteiger partial charge on any atom is 0.335 e. The Kier molecular flexibility index (Phi) is 7.17. The van der Waals surface area contributed by atoms with E-state index in [0.29, 0.717) is 11.5 Å². The molecule has 208 valence electrons. The minimum Gasteiger partial charge on any atom is -0.497 e. The van der Waals surface area contributed by atoms with E-state index < -0.39 is 53.4 Å². The monoisotopic (exact) mass is 557 g/mol. The number of pyridine rings is 1. The van der Waals surface area contributed by atoms with Crippen LogP contribution >= 0.6 is 0 Å². The summed E-state index contributed by atoms with van der Waals surface area (Å²) in [5.41, 5.74) is 0.512. The average Bonchev–Trinajstić information content (AvgIpc) is 2.97. The van der Waals surface area contributed by atoms with Gasteiger partial charge in [-0.25, -0.2) is 19.4 Å². The zero-order chi connectivity index (χ0) is 29.3. The Balaban J connectivity index is 1.59. The number of hydrogen-bond donors (Lipinski definition) is 2. The highest BCUT2D eigenvalue weighted by molar-refractivity contribution is 6.31. The van der Waals surface area contributed by atoms with Crippen LogP contribution in [-0.2, 0) is 19.2 Å². The molecule has 2 aliphatic heterocycles. The van der Waals surface area contributed by atoms with Crippen molar-refractivity contribution in [1.29, 1.82) is 0 Å². The molecule has 0 radical (unpaired) electrons. The number of nitrogens with one attached hydrogen (secondary N) is 2. The second-order valence-electron chi connectivity index (χ2n) is 9.09. The van der Waals surface area contributed by atoms with Gasteiger partial charge in [0, 0.05) is 18.3 Å². The number of nitrogens with zero attached hydrogens (tertiary/aromatic N) is 3. The highest BCUT2D eigenvalue weighted by Crippen LogP contribution is 2.39. The van der Waals surface area contributed by atoms with Crippen molar-refractivity contribution in [3.05, 3.63) is 78.6 Å². The third-order valence-electron chi connectivity index (χ3n) is 6.87. The average molecular weight is 558 g/mol. The molecule has 5 rings (SSSR count). The van der Waals surface area contributed by atoms with Crippen LogP contribution in [-0.4, -0.2) is 54.9 Å². The van der Waals surface area contributed by atoms with E-state index in [1.54, 1.807) is 0 Å². The lowest BCUT2D eigenvalue weighted by Gasteiger charge is -2.39. The van der Waals surface area contributed by atoms with Gasteiger partial charge >= 0.3 is 12.1 Å². The quantitative estimate of drug-likeness (QED) is 0.413. The van der Waals surface area contributed by atoms with Gasteiger partial charge in [-0.2, -0.15) is 0 Å². The van der Waals surface area contributed by atoms with Crippen molar-refractivity contribution in [2.24, 2.45) is 11.8 Å². The van der Waals surface area contributed by atoms with Gasteiger partial charge in [-0.1, -0.05) is 0 Å². The first-order chi connectivity index (χ1) is 19.7. The molecule has 2 N–H and O–H groups in total. The predicted molar refractivity (Wildman–Crippen MR) is 142 cm³/mol.